The molecule has 2 aromatic carbocycles. The molecule has 5 heteroatoms. The van der Waals surface area contributed by atoms with Crippen LogP contribution in [0.4, 0.5) is 5.69 Å². The molecule has 1 heterocycles. The Morgan fingerprint density at radius 2 is 1.73 bits per heavy atom. The van der Waals surface area contributed by atoms with E-state index in [0.29, 0.717) is 17.8 Å². The third-order valence-corrected chi connectivity index (χ3v) is 4.36. The van der Waals surface area contributed by atoms with Crippen molar-refractivity contribution in [3.8, 4) is 0 Å². The molecule has 3 rings (SSSR count). The molecule has 1 aromatic heterocycles. The van der Waals surface area contributed by atoms with Crippen molar-refractivity contribution >= 4 is 28.3 Å². The highest BCUT2D eigenvalue weighted by molar-refractivity contribution is 5.95. The highest BCUT2D eigenvalue weighted by Crippen LogP contribution is 2.16. The van der Waals surface area contributed by atoms with Crippen molar-refractivity contribution in [1.29, 1.82) is 0 Å². The molecule has 0 bridgehead atoms. The van der Waals surface area contributed by atoms with E-state index in [1.165, 1.54) is 6.92 Å². The van der Waals surface area contributed by atoms with Crippen LogP contribution in [0.25, 0.3) is 10.9 Å². The minimum absolute atomic E-state index is 0.0199. The van der Waals surface area contributed by atoms with E-state index in [1.807, 2.05) is 31.2 Å². The number of aromatic nitrogens is 1. The number of rotatable bonds is 5. The van der Waals surface area contributed by atoms with E-state index in [-0.39, 0.29) is 23.7 Å². The van der Waals surface area contributed by atoms with Crippen LogP contribution in [0.5, 0.6) is 0 Å². The topological polar surface area (TPSA) is 68.2 Å². The molecule has 3 aromatic rings. The number of carbonyl (C=O) groups excluding carboxylic acids is 2. The molecule has 0 atom stereocenters. The Labute approximate surface area is 151 Å². The van der Waals surface area contributed by atoms with Crippen LogP contribution < -0.4 is 10.9 Å². The van der Waals surface area contributed by atoms with E-state index in [0.717, 1.165) is 16.5 Å². The molecule has 1 N–H and O–H groups in total. The molecule has 132 valence electrons. The Morgan fingerprint density at radius 3 is 2.42 bits per heavy atom. The van der Waals surface area contributed by atoms with Gasteiger partial charge in [-0.25, -0.2) is 0 Å². The monoisotopic (exact) mass is 348 g/mol. The van der Waals surface area contributed by atoms with Crippen molar-refractivity contribution < 1.29 is 9.59 Å². The minimum Gasteiger partial charge on any atom is -0.326 e. The number of hydrogen-bond acceptors (Lipinski definition) is 3. The van der Waals surface area contributed by atoms with Gasteiger partial charge in [-0.2, -0.15) is 0 Å². The van der Waals surface area contributed by atoms with Gasteiger partial charge in [0.05, 0.1) is 5.52 Å². The molecule has 0 aliphatic carbocycles. The summed E-state index contributed by atoms with van der Waals surface area (Å²) in [6, 6.07) is 16.0. The van der Waals surface area contributed by atoms with Crippen LogP contribution in [0.2, 0.25) is 0 Å². The number of hydrogen-bond donors (Lipinski definition) is 1. The van der Waals surface area contributed by atoms with Crippen molar-refractivity contribution in [2.24, 2.45) is 0 Å². The predicted molar refractivity (Wildman–Crippen MR) is 103 cm³/mol. The fourth-order valence-corrected chi connectivity index (χ4v) is 2.96. The van der Waals surface area contributed by atoms with Gasteiger partial charge >= 0.3 is 0 Å². The number of aryl methyl sites for hydroxylation is 2. The number of nitrogens with one attached hydrogen (secondary N) is 1. The molecule has 0 aliphatic heterocycles. The van der Waals surface area contributed by atoms with E-state index >= 15 is 0 Å². The lowest BCUT2D eigenvalue weighted by molar-refractivity contribution is -0.116. The number of Topliss-reactive ketones (excluding diaryl/α,β-unsaturated/α-hetero) is 1. The summed E-state index contributed by atoms with van der Waals surface area (Å²) in [5.74, 6) is -0.203. The maximum absolute atomic E-state index is 12.3. The summed E-state index contributed by atoms with van der Waals surface area (Å²) in [5, 5.41) is 3.80. The molecule has 0 aliphatic rings. The molecule has 0 spiro atoms. The first-order valence-corrected chi connectivity index (χ1v) is 8.46. The van der Waals surface area contributed by atoms with Gasteiger partial charge in [-0.05, 0) is 49.7 Å². The largest absolute Gasteiger partial charge is 0.326 e. The van der Waals surface area contributed by atoms with Crippen molar-refractivity contribution in [2.75, 3.05) is 5.32 Å². The molecule has 0 saturated carbocycles. The zero-order valence-corrected chi connectivity index (χ0v) is 14.8. The summed E-state index contributed by atoms with van der Waals surface area (Å²) in [7, 11) is 0. The van der Waals surface area contributed by atoms with Crippen molar-refractivity contribution in [2.45, 2.75) is 26.8 Å². The van der Waals surface area contributed by atoms with Crippen LogP contribution in [0.1, 0.15) is 29.3 Å². The Bertz CT molecular complexity index is 1030. The first kappa shape index (κ1) is 17.6. The summed E-state index contributed by atoms with van der Waals surface area (Å²) in [6.45, 7) is 3.71. The van der Waals surface area contributed by atoms with Gasteiger partial charge in [0.1, 0.15) is 0 Å². The maximum Gasteiger partial charge on any atom is 0.251 e. The average Bonchev–Trinajstić information content (AvgIpc) is 2.62. The van der Waals surface area contributed by atoms with Gasteiger partial charge < -0.3 is 9.88 Å². The van der Waals surface area contributed by atoms with Crippen LogP contribution in [0, 0.1) is 6.92 Å². The summed E-state index contributed by atoms with van der Waals surface area (Å²) < 4.78 is 1.63. The van der Waals surface area contributed by atoms with Crippen LogP contribution in [0.3, 0.4) is 0 Å². The van der Waals surface area contributed by atoms with E-state index in [4.69, 9.17) is 0 Å². The third-order valence-electron chi connectivity index (χ3n) is 4.36. The Balaban J connectivity index is 1.73. The molecule has 0 fully saturated rings. The highest BCUT2D eigenvalue weighted by Gasteiger charge is 2.09. The van der Waals surface area contributed by atoms with Gasteiger partial charge in [0.15, 0.2) is 5.78 Å². The quantitative estimate of drug-likeness (QED) is 0.717. The molecular weight excluding hydrogens is 328 g/mol. The molecule has 0 saturated heterocycles. The highest BCUT2D eigenvalue weighted by atomic mass is 16.2. The van der Waals surface area contributed by atoms with Gasteiger partial charge in [-0.1, -0.05) is 18.2 Å². The smallest absolute Gasteiger partial charge is 0.251 e. The zero-order chi connectivity index (χ0) is 18.7. The molecule has 0 radical (unpaired) electrons. The van der Waals surface area contributed by atoms with Gasteiger partial charge in [0.25, 0.3) is 5.56 Å². The van der Waals surface area contributed by atoms with Gasteiger partial charge in [0, 0.05) is 35.7 Å². The van der Waals surface area contributed by atoms with Crippen molar-refractivity contribution in [3.63, 3.8) is 0 Å². The second kappa shape index (κ2) is 7.35. The minimum atomic E-state index is -0.183. The zero-order valence-electron chi connectivity index (χ0n) is 14.8. The van der Waals surface area contributed by atoms with E-state index in [9.17, 15) is 14.4 Å². The number of nitrogens with zero attached hydrogens (tertiary/aromatic N) is 1. The number of benzene rings is 2. The number of pyridine rings is 1. The fourth-order valence-electron chi connectivity index (χ4n) is 2.96. The maximum atomic E-state index is 12.3. The van der Waals surface area contributed by atoms with E-state index in [1.54, 1.807) is 34.9 Å². The first-order chi connectivity index (χ1) is 12.5. The average molecular weight is 348 g/mol. The number of ketones is 1. The Hall–Kier alpha value is -3.21. The summed E-state index contributed by atoms with van der Waals surface area (Å²) in [5.41, 5.74) is 2.87. The SMILES string of the molecule is CC(=O)c1ccc(NC(=O)CCn2c(=O)cc(C)c3ccccc32)cc1. The lowest BCUT2D eigenvalue weighted by Gasteiger charge is -2.12. The number of para-hydroxylation sites is 1. The van der Waals surface area contributed by atoms with Gasteiger partial charge in [-0.15, -0.1) is 0 Å². The fraction of sp³-hybridized carbons (Fsp3) is 0.190. The Kier molecular flexibility index (Phi) is 4.98. The van der Waals surface area contributed by atoms with Crippen LogP contribution in [-0.4, -0.2) is 16.3 Å². The van der Waals surface area contributed by atoms with Gasteiger partial charge in [-0.3, -0.25) is 14.4 Å². The number of anilines is 1. The summed E-state index contributed by atoms with van der Waals surface area (Å²) in [4.78, 5) is 35.8. The normalized spacial score (nSPS) is 10.7. The second-order valence-corrected chi connectivity index (χ2v) is 6.27. The standard InChI is InChI=1S/C21H20N2O3/c1-14-13-21(26)23(19-6-4-3-5-18(14)19)12-11-20(25)22-17-9-7-16(8-10-17)15(2)24/h3-10,13H,11-12H2,1-2H3,(H,22,25). The third kappa shape index (κ3) is 3.72. The van der Waals surface area contributed by atoms with Crippen molar-refractivity contribution in [3.05, 3.63) is 76.1 Å². The van der Waals surface area contributed by atoms with Crippen LogP contribution in [-0.2, 0) is 11.3 Å². The second-order valence-electron chi connectivity index (χ2n) is 6.27. The summed E-state index contributed by atoms with van der Waals surface area (Å²) >= 11 is 0. The van der Waals surface area contributed by atoms with E-state index in [2.05, 4.69) is 5.32 Å². The van der Waals surface area contributed by atoms with Crippen molar-refractivity contribution in [1.82, 2.24) is 4.57 Å². The van der Waals surface area contributed by atoms with Crippen LogP contribution >= 0.6 is 0 Å². The molecule has 5 nitrogen and oxygen atoms in total. The molecular formula is C21H20N2O3. The van der Waals surface area contributed by atoms with Gasteiger partial charge in [0.2, 0.25) is 5.91 Å². The lowest BCUT2D eigenvalue weighted by Crippen LogP contribution is -2.23. The number of amides is 1. The van der Waals surface area contributed by atoms with Crippen LogP contribution in [0.15, 0.2) is 59.4 Å². The molecule has 1 amide bonds. The molecule has 26 heavy (non-hydrogen) atoms. The lowest BCUT2D eigenvalue weighted by atomic mass is 10.1. The Morgan fingerprint density at radius 1 is 1.04 bits per heavy atom. The van der Waals surface area contributed by atoms with E-state index < -0.39 is 0 Å². The summed E-state index contributed by atoms with van der Waals surface area (Å²) in [6.07, 6.45) is 0.182. The first-order valence-electron chi connectivity index (χ1n) is 8.46. The predicted octanol–water partition coefficient (Wildman–Crippen LogP) is 3.54. The number of carbonyl (C=O) groups is 2. The number of fused-ring (bicyclic) bond motifs is 1. The molecule has 0 unspecified atom stereocenters.